The summed E-state index contributed by atoms with van der Waals surface area (Å²) in [7, 11) is 1.45. The van der Waals surface area contributed by atoms with Crippen molar-refractivity contribution in [2.24, 2.45) is 4.99 Å². The predicted molar refractivity (Wildman–Crippen MR) is 117 cm³/mol. The number of carbonyl (C=O) groups is 1. The van der Waals surface area contributed by atoms with Crippen molar-refractivity contribution < 1.29 is 22.7 Å². The zero-order chi connectivity index (χ0) is 23.6. The number of hydrogen-bond donors (Lipinski definition) is 1. The molecule has 32 heavy (non-hydrogen) atoms. The van der Waals surface area contributed by atoms with Gasteiger partial charge in [-0.3, -0.25) is 9.79 Å². The minimum absolute atomic E-state index is 0.109. The molecule has 3 rings (SSSR count). The summed E-state index contributed by atoms with van der Waals surface area (Å²) in [6.45, 7) is 10.8. The SMILES string of the molecule is [C-]#[N+]C1C(C)=NC(C)=C(C(=O)Nc2ccccc2OC)C1c1ccc(Cl)c(C(F)(F)F)c1. The standard InChI is InChI=1S/C23H19ClF3N3O2/c1-12-19(22(31)30-17-7-5-6-8-18(17)32-4)20(21(28-3)13(2)29-12)14-9-10-16(24)15(11-14)23(25,26)27/h5-11,20-21H,1-2,4H3,(H,30,31). The molecular formula is C23H19ClF3N3O2. The van der Waals surface area contributed by atoms with Gasteiger partial charge in [-0.2, -0.15) is 13.2 Å². The first-order chi connectivity index (χ1) is 15.1. The Morgan fingerprint density at radius 1 is 1.22 bits per heavy atom. The Morgan fingerprint density at radius 2 is 1.91 bits per heavy atom. The number of rotatable bonds is 4. The molecule has 1 aliphatic rings. The van der Waals surface area contributed by atoms with Gasteiger partial charge in [-0.25, -0.2) is 6.57 Å². The minimum atomic E-state index is -4.68. The summed E-state index contributed by atoms with van der Waals surface area (Å²) in [4.78, 5) is 21.2. The Hall–Kier alpha value is -3.31. The van der Waals surface area contributed by atoms with Gasteiger partial charge in [-0.05, 0) is 43.7 Å². The van der Waals surface area contributed by atoms with E-state index in [0.29, 0.717) is 22.8 Å². The molecule has 5 nitrogen and oxygen atoms in total. The van der Waals surface area contributed by atoms with Gasteiger partial charge >= 0.3 is 6.18 Å². The van der Waals surface area contributed by atoms with Crippen molar-refractivity contribution in [3.8, 4) is 5.75 Å². The van der Waals surface area contributed by atoms with Crippen LogP contribution in [0.3, 0.4) is 0 Å². The molecule has 0 radical (unpaired) electrons. The first kappa shape index (κ1) is 23.4. The van der Waals surface area contributed by atoms with Crippen molar-refractivity contribution in [2.45, 2.75) is 32.0 Å². The molecular weight excluding hydrogens is 443 g/mol. The van der Waals surface area contributed by atoms with Crippen LogP contribution in [0.25, 0.3) is 4.85 Å². The quantitative estimate of drug-likeness (QED) is 0.557. The molecule has 9 heteroatoms. The summed E-state index contributed by atoms with van der Waals surface area (Å²) in [6, 6.07) is 9.22. The summed E-state index contributed by atoms with van der Waals surface area (Å²) in [5.41, 5.74) is 0.363. The van der Waals surface area contributed by atoms with Crippen molar-refractivity contribution >= 4 is 28.9 Å². The lowest BCUT2D eigenvalue weighted by Gasteiger charge is -2.27. The average Bonchev–Trinajstić information content (AvgIpc) is 2.73. The Kier molecular flexibility index (Phi) is 6.60. The fraction of sp³-hybridized carbons (Fsp3) is 0.261. The molecule has 1 heterocycles. The smallest absolute Gasteiger partial charge is 0.417 e. The van der Waals surface area contributed by atoms with E-state index in [2.05, 4.69) is 15.2 Å². The summed E-state index contributed by atoms with van der Waals surface area (Å²) in [5.74, 6) is -1.12. The molecule has 2 aromatic carbocycles. The van der Waals surface area contributed by atoms with Gasteiger partial charge in [-0.1, -0.05) is 29.8 Å². The van der Waals surface area contributed by atoms with Gasteiger partial charge < -0.3 is 14.9 Å². The Morgan fingerprint density at radius 3 is 2.53 bits per heavy atom. The number of nitrogens with zero attached hydrogens (tertiary/aromatic N) is 2. The highest BCUT2D eigenvalue weighted by Gasteiger charge is 2.43. The van der Waals surface area contributed by atoms with E-state index < -0.39 is 34.6 Å². The Bertz CT molecular complexity index is 1170. The van der Waals surface area contributed by atoms with Gasteiger partial charge in [0.2, 0.25) is 0 Å². The van der Waals surface area contributed by atoms with Gasteiger partial charge in [0.05, 0.1) is 40.6 Å². The molecule has 0 saturated carbocycles. The van der Waals surface area contributed by atoms with Crippen molar-refractivity contribution in [3.63, 3.8) is 0 Å². The van der Waals surface area contributed by atoms with E-state index in [-0.39, 0.29) is 11.1 Å². The zero-order valence-electron chi connectivity index (χ0n) is 17.4. The van der Waals surface area contributed by atoms with E-state index in [9.17, 15) is 18.0 Å². The molecule has 0 aromatic heterocycles. The maximum Gasteiger partial charge on any atom is 0.417 e. The number of hydrogen-bond acceptors (Lipinski definition) is 3. The second kappa shape index (κ2) is 9.05. The monoisotopic (exact) mass is 461 g/mol. The molecule has 2 unspecified atom stereocenters. The lowest BCUT2D eigenvalue weighted by molar-refractivity contribution is -0.137. The zero-order valence-corrected chi connectivity index (χ0v) is 18.2. The molecule has 0 fully saturated rings. The normalized spacial score (nSPS) is 18.6. The van der Waals surface area contributed by atoms with Gasteiger partial charge in [0, 0.05) is 5.70 Å². The molecule has 1 amide bonds. The van der Waals surface area contributed by atoms with E-state index in [0.717, 1.165) is 12.1 Å². The van der Waals surface area contributed by atoms with Crippen molar-refractivity contribution in [1.82, 2.24) is 0 Å². The number of ether oxygens (including phenoxy) is 1. The summed E-state index contributed by atoms with van der Waals surface area (Å²) >= 11 is 5.78. The fourth-order valence-electron chi connectivity index (χ4n) is 3.73. The number of para-hydroxylation sites is 2. The van der Waals surface area contributed by atoms with Crippen LogP contribution in [0, 0.1) is 6.57 Å². The van der Waals surface area contributed by atoms with Crippen LogP contribution in [0.1, 0.15) is 30.9 Å². The Balaban J connectivity index is 2.13. The number of allylic oxidation sites excluding steroid dienone is 1. The van der Waals surface area contributed by atoms with Crippen LogP contribution >= 0.6 is 11.6 Å². The molecule has 0 aliphatic carbocycles. The molecule has 0 spiro atoms. The van der Waals surface area contributed by atoms with Crippen LogP contribution in [-0.2, 0) is 11.0 Å². The second-order valence-corrected chi connectivity index (χ2v) is 7.60. The third-order valence-corrected chi connectivity index (χ3v) is 5.51. The number of halogens is 4. The second-order valence-electron chi connectivity index (χ2n) is 7.20. The average molecular weight is 462 g/mol. The number of carbonyl (C=O) groups excluding carboxylic acids is 1. The summed E-state index contributed by atoms with van der Waals surface area (Å²) in [6.07, 6.45) is -4.68. The van der Waals surface area contributed by atoms with E-state index in [1.54, 1.807) is 38.1 Å². The van der Waals surface area contributed by atoms with Crippen LogP contribution in [-0.4, -0.2) is 24.8 Å². The van der Waals surface area contributed by atoms with E-state index in [4.69, 9.17) is 22.9 Å². The molecule has 1 aliphatic heterocycles. The number of benzene rings is 2. The maximum absolute atomic E-state index is 13.5. The van der Waals surface area contributed by atoms with Crippen molar-refractivity contribution in [1.29, 1.82) is 0 Å². The van der Waals surface area contributed by atoms with E-state index in [1.165, 1.54) is 13.2 Å². The highest BCUT2D eigenvalue weighted by molar-refractivity contribution is 6.31. The lowest BCUT2D eigenvalue weighted by atomic mass is 9.79. The van der Waals surface area contributed by atoms with Gasteiger partial charge in [0.1, 0.15) is 5.75 Å². The number of nitrogens with one attached hydrogen (secondary N) is 1. The minimum Gasteiger partial charge on any atom is -0.495 e. The van der Waals surface area contributed by atoms with Crippen LogP contribution in [0.4, 0.5) is 18.9 Å². The first-order valence-electron chi connectivity index (χ1n) is 9.52. The first-order valence-corrected chi connectivity index (χ1v) is 9.89. The number of methoxy groups -OCH3 is 1. The van der Waals surface area contributed by atoms with Crippen LogP contribution < -0.4 is 10.1 Å². The molecule has 1 N–H and O–H groups in total. The molecule has 2 atom stereocenters. The maximum atomic E-state index is 13.5. The predicted octanol–water partition coefficient (Wildman–Crippen LogP) is 6.13. The van der Waals surface area contributed by atoms with Gasteiger partial charge in [0.25, 0.3) is 11.9 Å². The largest absolute Gasteiger partial charge is 0.495 e. The van der Waals surface area contributed by atoms with Gasteiger partial charge in [0.15, 0.2) is 0 Å². The molecule has 0 saturated heterocycles. The third-order valence-electron chi connectivity index (χ3n) is 5.18. The van der Waals surface area contributed by atoms with Crippen molar-refractivity contribution in [3.05, 3.63) is 81.3 Å². The Labute approximate surface area is 188 Å². The number of amides is 1. The molecule has 0 bridgehead atoms. The van der Waals surface area contributed by atoms with E-state index >= 15 is 0 Å². The highest BCUT2D eigenvalue weighted by atomic mass is 35.5. The van der Waals surface area contributed by atoms with Gasteiger partial charge in [-0.15, -0.1) is 0 Å². The highest BCUT2D eigenvalue weighted by Crippen LogP contribution is 2.42. The van der Waals surface area contributed by atoms with Crippen LogP contribution in [0.2, 0.25) is 5.02 Å². The number of aliphatic imine (C=N–C) groups is 1. The van der Waals surface area contributed by atoms with E-state index in [1.807, 2.05) is 0 Å². The lowest BCUT2D eigenvalue weighted by Crippen LogP contribution is -2.34. The number of alkyl halides is 3. The third kappa shape index (κ3) is 4.48. The summed E-state index contributed by atoms with van der Waals surface area (Å²) < 4.78 is 45.7. The number of anilines is 1. The summed E-state index contributed by atoms with van der Waals surface area (Å²) in [5, 5.41) is 2.28. The van der Waals surface area contributed by atoms with Crippen LogP contribution in [0.5, 0.6) is 5.75 Å². The van der Waals surface area contributed by atoms with Crippen LogP contribution in [0.15, 0.2) is 58.7 Å². The molecule has 2 aromatic rings. The fourth-order valence-corrected chi connectivity index (χ4v) is 3.95. The molecule has 166 valence electrons. The topological polar surface area (TPSA) is 55.0 Å². The van der Waals surface area contributed by atoms with Crippen molar-refractivity contribution in [2.75, 3.05) is 12.4 Å².